The number of nitrogens with one attached hydrogen (secondary N) is 2. The van der Waals surface area contributed by atoms with Crippen LogP contribution in [-0.2, 0) is 9.59 Å². The first kappa shape index (κ1) is 14.7. The van der Waals surface area contributed by atoms with Crippen LogP contribution in [0.1, 0.15) is 19.8 Å². The third kappa shape index (κ3) is 2.90. The van der Waals surface area contributed by atoms with Gasteiger partial charge in [-0.25, -0.2) is 9.97 Å². The molecular weight excluding hydrogens is 326 g/mol. The van der Waals surface area contributed by atoms with E-state index >= 15 is 0 Å². The average molecular weight is 342 g/mol. The summed E-state index contributed by atoms with van der Waals surface area (Å²) in [4.78, 5) is 32.7. The fourth-order valence-corrected chi connectivity index (χ4v) is 2.33. The molecule has 2 rings (SSSR count). The maximum Gasteiger partial charge on any atom is 0.251 e. The monoisotopic (exact) mass is 341 g/mol. The van der Waals surface area contributed by atoms with Gasteiger partial charge in [0.2, 0.25) is 5.91 Å². The van der Waals surface area contributed by atoms with Crippen LogP contribution < -0.4 is 10.6 Å². The molecular formula is C12H16BrN5O2. The summed E-state index contributed by atoms with van der Waals surface area (Å²) in [5.41, 5.74) is 0. The number of carbonyl (C=O) groups is 2. The minimum Gasteiger partial charge on any atom is -0.369 e. The Balaban J connectivity index is 2.14. The first-order chi connectivity index (χ1) is 9.54. The van der Waals surface area contributed by atoms with Crippen molar-refractivity contribution in [3.05, 3.63) is 10.8 Å². The van der Waals surface area contributed by atoms with Crippen LogP contribution in [0.5, 0.6) is 0 Å². The highest BCUT2D eigenvalue weighted by Gasteiger charge is 2.36. The van der Waals surface area contributed by atoms with Crippen LogP contribution in [0.4, 0.5) is 11.6 Å². The number of nitrogens with zero attached hydrogens (tertiary/aromatic N) is 3. The van der Waals surface area contributed by atoms with Crippen molar-refractivity contribution in [1.82, 2.24) is 14.9 Å². The van der Waals surface area contributed by atoms with Crippen molar-refractivity contribution in [2.75, 3.05) is 24.2 Å². The second-order valence-electron chi connectivity index (χ2n) is 4.50. The van der Waals surface area contributed by atoms with Crippen molar-refractivity contribution in [1.29, 1.82) is 0 Å². The predicted octanol–water partition coefficient (Wildman–Crippen LogP) is 1.23. The minimum atomic E-state index is -0.572. The van der Waals surface area contributed by atoms with Crippen LogP contribution in [0.3, 0.4) is 0 Å². The lowest BCUT2D eigenvalue weighted by molar-refractivity contribution is -0.136. The third-order valence-corrected chi connectivity index (χ3v) is 3.78. The Morgan fingerprint density at radius 2 is 2.10 bits per heavy atom. The zero-order valence-corrected chi connectivity index (χ0v) is 12.9. The molecule has 1 atom stereocenters. The van der Waals surface area contributed by atoms with E-state index in [1.807, 2.05) is 0 Å². The molecule has 2 N–H and O–H groups in total. The summed E-state index contributed by atoms with van der Waals surface area (Å²) in [6.45, 7) is 2.85. The van der Waals surface area contributed by atoms with Gasteiger partial charge in [0.05, 0.1) is 6.42 Å². The quantitative estimate of drug-likeness (QED) is 0.783. The summed E-state index contributed by atoms with van der Waals surface area (Å²) in [6.07, 6.45) is 2.53. The van der Waals surface area contributed by atoms with Gasteiger partial charge in [0.25, 0.3) is 5.91 Å². The molecule has 0 aliphatic carbocycles. The molecule has 1 aromatic heterocycles. The van der Waals surface area contributed by atoms with Crippen molar-refractivity contribution in [3.63, 3.8) is 0 Å². The van der Waals surface area contributed by atoms with E-state index in [2.05, 4.69) is 43.5 Å². The molecule has 1 fully saturated rings. The number of hydrogen-bond donors (Lipinski definition) is 2. The Morgan fingerprint density at radius 3 is 2.70 bits per heavy atom. The first-order valence-corrected chi connectivity index (χ1v) is 7.15. The summed E-state index contributed by atoms with van der Waals surface area (Å²) in [5, 5.41) is 6.14. The summed E-state index contributed by atoms with van der Waals surface area (Å²) in [5.74, 6) is 0.722. The number of imide groups is 1. The number of aromatic nitrogens is 2. The Morgan fingerprint density at radius 1 is 1.40 bits per heavy atom. The van der Waals surface area contributed by atoms with Gasteiger partial charge in [-0.05, 0) is 22.4 Å². The normalized spacial score (nSPS) is 18.6. The highest BCUT2D eigenvalue weighted by molar-refractivity contribution is 9.10. The fourth-order valence-electron chi connectivity index (χ4n) is 1.87. The zero-order valence-electron chi connectivity index (χ0n) is 11.3. The highest BCUT2D eigenvalue weighted by Crippen LogP contribution is 2.28. The second kappa shape index (κ2) is 6.17. The van der Waals surface area contributed by atoms with Gasteiger partial charge >= 0.3 is 0 Å². The van der Waals surface area contributed by atoms with Crippen LogP contribution in [0, 0.1) is 0 Å². The summed E-state index contributed by atoms with van der Waals surface area (Å²) in [6, 6.07) is -0.572. The molecule has 0 aromatic carbocycles. The van der Waals surface area contributed by atoms with E-state index in [-0.39, 0.29) is 18.2 Å². The van der Waals surface area contributed by atoms with Crippen molar-refractivity contribution < 1.29 is 9.59 Å². The lowest BCUT2D eigenvalue weighted by Gasteiger charge is -2.14. The highest BCUT2D eigenvalue weighted by atomic mass is 79.9. The smallest absolute Gasteiger partial charge is 0.251 e. The molecule has 1 unspecified atom stereocenters. The lowest BCUT2D eigenvalue weighted by atomic mass is 10.2. The fraction of sp³-hybridized carbons (Fsp3) is 0.500. The average Bonchev–Trinajstić information content (AvgIpc) is 2.67. The maximum absolute atomic E-state index is 11.9. The number of likely N-dealkylation sites (tertiary alicyclic amines) is 1. The SMILES string of the molecule is CCCNc1ncnc(NC2CC(=O)N(C)C2=O)c1Br. The largest absolute Gasteiger partial charge is 0.369 e. The van der Waals surface area contributed by atoms with Crippen LogP contribution in [0.25, 0.3) is 0 Å². The van der Waals surface area contributed by atoms with E-state index < -0.39 is 6.04 Å². The zero-order chi connectivity index (χ0) is 14.7. The summed E-state index contributed by atoms with van der Waals surface area (Å²) >= 11 is 3.41. The molecule has 108 valence electrons. The van der Waals surface area contributed by atoms with Gasteiger partial charge in [-0.3, -0.25) is 14.5 Å². The Kier molecular flexibility index (Phi) is 4.53. The van der Waals surface area contributed by atoms with Crippen molar-refractivity contribution in [2.24, 2.45) is 0 Å². The van der Waals surface area contributed by atoms with Gasteiger partial charge in [-0.15, -0.1) is 0 Å². The van der Waals surface area contributed by atoms with E-state index in [1.54, 1.807) is 0 Å². The Labute approximate surface area is 125 Å². The van der Waals surface area contributed by atoms with Crippen LogP contribution in [0.15, 0.2) is 10.8 Å². The van der Waals surface area contributed by atoms with E-state index in [0.29, 0.717) is 16.1 Å². The predicted molar refractivity (Wildman–Crippen MR) is 78.3 cm³/mol. The second-order valence-corrected chi connectivity index (χ2v) is 5.30. The van der Waals surface area contributed by atoms with E-state index in [9.17, 15) is 9.59 Å². The molecule has 1 aromatic rings. The number of rotatable bonds is 5. The topological polar surface area (TPSA) is 87.2 Å². The van der Waals surface area contributed by atoms with Crippen molar-refractivity contribution >= 4 is 39.4 Å². The Hall–Kier alpha value is -1.70. The number of amides is 2. The number of likely N-dealkylation sites (N-methyl/N-ethyl adjacent to an activating group) is 1. The molecule has 0 spiro atoms. The van der Waals surface area contributed by atoms with Crippen LogP contribution in [0.2, 0.25) is 0 Å². The number of carbonyl (C=O) groups excluding carboxylic acids is 2. The minimum absolute atomic E-state index is 0.142. The summed E-state index contributed by atoms with van der Waals surface area (Å²) < 4.78 is 0.656. The standard InChI is InChI=1S/C12H16BrN5O2/c1-3-4-14-10-9(13)11(16-6-15-10)17-7-5-8(19)18(2)12(7)20/h6-7H,3-5H2,1-2H3,(H2,14,15,16,17). The number of anilines is 2. The van der Waals surface area contributed by atoms with Crippen LogP contribution in [-0.4, -0.2) is 46.3 Å². The van der Waals surface area contributed by atoms with E-state index in [0.717, 1.165) is 17.9 Å². The number of hydrogen-bond acceptors (Lipinski definition) is 6. The lowest BCUT2D eigenvalue weighted by Crippen LogP contribution is -2.32. The molecule has 2 amide bonds. The van der Waals surface area contributed by atoms with Gasteiger partial charge in [-0.1, -0.05) is 6.92 Å². The van der Waals surface area contributed by atoms with Gasteiger partial charge in [0, 0.05) is 13.6 Å². The molecule has 0 saturated carbocycles. The molecule has 0 radical (unpaired) electrons. The molecule has 8 heteroatoms. The van der Waals surface area contributed by atoms with E-state index in [4.69, 9.17) is 0 Å². The number of halogens is 1. The maximum atomic E-state index is 11.9. The molecule has 0 bridgehead atoms. The molecule has 1 aliphatic heterocycles. The molecule has 2 heterocycles. The van der Waals surface area contributed by atoms with Crippen LogP contribution >= 0.6 is 15.9 Å². The first-order valence-electron chi connectivity index (χ1n) is 6.36. The molecule has 20 heavy (non-hydrogen) atoms. The third-order valence-electron chi connectivity index (χ3n) is 3.02. The van der Waals surface area contributed by atoms with Gasteiger partial charge in [0.15, 0.2) is 0 Å². The molecule has 1 saturated heterocycles. The molecule has 7 nitrogen and oxygen atoms in total. The van der Waals surface area contributed by atoms with Gasteiger partial charge < -0.3 is 10.6 Å². The van der Waals surface area contributed by atoms with E-state index in [1.165, 1.54) is 13.4 Å². The van der Waals surface area contributed by atoms with Gasteiger partial charge in [0.1, 0.15) is 28.5 Å². The van der Waals surface area contributed by atoms with Crippen molar-refractivity contribution in [3.8, 4) is 0 Å². The van der Waals surface area contributed by atoms with Crippen molar-refractivity contribution in [2.45, 2.75) is 25.8 Å². The summed E-state index contributed by atoms with van der Waals surface area (Å²) in [7, 11) is 1.48. The molecule has 1 aliphatic rings. The Bertz CT molecular complexity index is 537. The van der Waals surface area contributed by atoms with Gasteiger partial charge in [-0.2, -0.15) is 0 Å².